The molecule has 0 aliphatic carbocycles. The van der Waals surface area contributed by atoms with Crippen LogP contribution < -0.4 is 0 Å². The third-order valence-corrected chi connectivity index (χ3v) is 7.81. The Bertz CT molecular complexity index is 811. The van der Waals surface area contributed by atoms with Gasteiger partial charge in [-0.1, -0.05) is 75.2 Å². The molecule has 2 aromatic carbocycles. The Labute approximate surface area is 152 Å². The van der Waals surface area contributed by atoms with Gasteiger partial charge in [-0.2, -0.15) is 0 Å². The van der Waals surface area contributed by atoms with Crippen molar-refractivity contribution < 1.29 is 8.42 Å². The molecule has 25 heavy (non-hydrogen) atoms. The van der Waals surface area contributed by atoms with E-state index >= 15 is 0 Å². The van der Waals surface area contributed by atoms with Crippen molar-refractivity contribution in [2.75, 3.05) is 5.75 Å². The molecule has 3 heteroatoms. The molecule has 1 heterocycles. The molecule has 0 amide bonds. The van der Waals surface area contributed by atoms with Gasteiger partial charge in [-0.3, -0.25) is 0 Å². The fraction of sp³-hybridized carbons (Fsp3) is 0.455. The highest BCUT2D eigenvalue weighted by Gasteiger charge is 2.41. The molecule has 0 aromatic heterocycles. The van der Waals surface area contributed by atoms with Gasteiger partial charge < -0.3 is 0 Å². The average Bonchev–Trinajstić information content (AvgIpc) is 2.74. The molecule has 1 aliphatic heterocycles. The molecular formula is C22H28O2S. The van der Waals surface area contributed by atoms with Gasteiger partial charge in [0.2, 0.25) is 0 Å². The summed E-state index contributed by atoms with van der Waals surface area (Å²) in [5.41, 5.74) is 2.05. The molecule has 0 unspecified atom stereocenters. The summed E-state index contributed by atoms with van der Waals surface area (Å²) in [7, 11) is -3.27. The van der Waals surface area contributed by atoms with Crippen molar-refractivity contribution in [3.05, 3.63) is 65.7 Å². The molecule has 2 atom stereocenters. The second-order valence-corrected chi connectivity index (χ2v) is 9.38. The quantitative estimate of drug-likeness (QED) is 0.700. The summed E-state index contributed by atoms with van der Waals surface area (Å²) in [6.07, 6.45) is 4.98. The number of rotatable bonds is 5. The SMILES string of the molecule is CCCC[C@@]1(CC)C[C@@H](c2ccccc2)c2ccccc2S(=O)(=O)C1. The molecule has 1 aliphatic rings. The highest BCUT2D eigenvalue weighted by Crippen LogP contribution is 2.48. The number of hydrogen-bond acceptors (Lipinski definition) is 2. The summed E-state index contributed by atoms with van der Waals surface area (Å²) >= 11 is 0. The van der Waals surface area contributed by atoms with Gasteiger partial charge in [-0.25, -0.2) is 8.42 Å². The summed E-state index contributed by atoms with van der Waals surface area (Å²) in [5.74, 6) is 0.420. The van der Waals surface area contributed by atoms with Crippen LogP contribution >= 0.6 is 0 Å². The minimum Gasteiger partial charge on any atom is -0.224 e. The Kier molecular flexibility index (Phi) is 5.33. The summed E-state index contributed by atoms with van der Waals surface area (Å²) in [5, 5.41) is 0. The monoisotopic (exact) mass is 356 g/mol. The van der Waals surface area contributed by atoms with Crippen molar-refractivity contribution in [3.63, 3.8) is 0 Å². The predicted molar refractivity (Wildman–Crippen MR) is 104 cm³/mol. The molecule has 2 nitrogen and oxygen atoms in total. The first-order chi connectivity index (χ1) is 12.0. The van der Waals surface area contributed by atoms with Gasteiger partial charge in [0.15, 0.2) is 9.84 Å². The largest absolute Gasteiger partial charge is 0.224 e. The maximum atomic E-state index is 13.2. The number of fused-ring (bicyclic) bond motifs is 1. The number of benzene rings is 2. The first-order valence-electron chi connectivity index (χ1n) is 9.38. The van der Waals surface area contributed by atoms with Crippen LogP contribution in [0, 0.1) is 5.41 Å². The van der Waals surface area contributed by atoms with E-state index in [1.165, 1.54) is 5.56 Å². The van der Waals surface area contributed by atoms with Crippen LogP contribution in [0.2, 0.25) is 0 Å². The van der Waals surface area contributed by atoms with Gasteiger partial charge >= 0.3 is 0 Å². The number of sulfone groups is 1. The Balaban J connectivity index is 2.17. The number of hydrogen-bond donors (Lipinski definition) is 0. The summed E-state index contributed by atoms with van der Waals surface area (Å²) in [6, 6.07) is 18.0. The van der Waals surface area contributed by atoms with E-state index in [1.807, 2.05) is 24.3 Å². The van der Waals surface area contributed by atoms with Gasteiger partial charge in [-0.05, 0) is 41.9 Å². The second-order valence-electron chi connectivity index (χ2n) is 7.42. The van der Waals surface area contributed by atoms with Crippen molar-refractivity contribution >= 4 is 9.84 Å². The molecule has 2 aromatic rings. The second kappa shape index (κ2) is 7.33. The Morgan fingerprint density at radius 3 is 2.36 bits per heavy atom. The molecule has 0 N–H and O–H groups in total. The molecule has 3 rings (SSSR count). The zero-order valence-electron chi connectivity index (χ0n) is 15.2. The lowest BCUT2D eigenvalue weighted by molar-refractivity contribution is 0.247. The Hall–Kier alpha value is -1.61. The predicted octanol–water partition coefficient (Wildman–Crippen LogP) is 5.58. The molecule has 0 bridgehead atoms. The first kappa shape index (κ1) is 18.2. The third-order valence-electron chi connectivity index (χ3n) is 5.78. The fourth-order valence-corrected chi connectivity index (χ4v) is 6.55. The van der Waals surface area contributed by atoms with Crippen LogP contribution in [0.15, 0.2) is 59.5 Å². The van der Waals surface area contributed by atoms with E-state index in [2.05, 4.69) is 38.1 Å². The lowest BCUT2D eigenvalue weighted by atomic mass is 9.71. The molecule has 0 radical (unpaired) electrons. The van der Waals surface area contributed by atoms with Crippen molar-refractivity contribution in [3.8, 4) is 0 Å². The minimum absolute atomic E-state index is 0.144. The van der Waals surface area contributed by atoms with E-state index in [0.29, 0.717) is 4.90 Å². The van der Waals surface area contributed by atoms with Crippen LogP contribution in [0.25, 0.3) is 0 Å². The molecule has 134 valence electrons. The van der Waals surface area contributed by atoms with E-state index < -0.39 is 9.84 Å². The zero-order chi connectivity index (χ0) is 17.9. The van der Waals surface area contributed by atoms with Gasteiger partial charge in [-0.15, -0.1) is 0 Å². The van der Waals surface area contributed by atoms with Crippen molar-refractivity contribution in [2.24, 2.45) is 5.41 Å². The van der Waals surface area contributed by atoms with Crippen molar-refractivity contribution in [2.45, 2.75) is 56.8 Å². The van der Waals surface area contributed by atoms with Gasteiger partial charge in [0.05, 0.1) is 10.6 Å². The summed E-state index contributed by atoms with van der Waals surface area (Å²) in [6.45, 7) is 4.33. The van der Waals surface area contributed by atoms with Crippen LogP contribution in [0.4, 0.5) is 0 Å². The zero-order valence-corrected chi connectivity index (χ0v) is 16.1. The highest BCUT2D eigenvalue weighted by molar-refractivity contribution is 7.91. The summed E-state index contributed by atoms with van der Waals surface area (Å²) < 4.78 is 26.4. The van der Waals surface area contributed by atoms with E-state index in [1.54, 1.807) is 6.07 Å². The van der Waals surface area contributed by atoms with Gasteiger partial charge in [0.25, 0.3) is 0 Å². The molecule has 0 fully saturated rings. The molecule has 0 saturated carbocycles. The van der Waals surface area contributed by atoms with Crippen LogP contribution in [0.5, 0.6) is 0 Å². The number of unbranched alkanes of at least 4 members (excludes halogenated alkanes) is 1. The first-order valence-corrected chi connectivity index (χ1v) is 11.0. The van der Waals surface area contributed by atoms with Crippen molar-refractivity contribution in [1.82, 2.24) is 0 Å². The standard InChI is InChI=1S/C22H28O2S/c1-3-5-15-22(4-2)16-20(18-11-7-6-8-12-18)19-13-9-10-14-21(19)25(23,24)17-22/h6-14,20H,3-5,15-17H2,1-2H3/t20-,22-/m0/s1. The normalized spacial score (nSPS) is 25.1. The maximum absolute atomic E-state index is 13.2. The Morgan fingerprint density at radius 1 is 1.00 bits per heavy atom. The lowest BCUT2D eigenvalue weighted by Crippen LogP contribution is -2.29. The van der Waals surface area contributed by atoms with Crippen LogP contribution in [-0.2, 0) is 9.84 Å². The van der Waals surface area contributed by atoms with Crippen LogP contribution in [0.3, 0.4) is 0 Å². The maximum Gasteiger partial charge on any atom is 0.179 e. The van der Waals surface area contributed by atoms with Crippen molar-refractivity contribution in [1.29, 1.82) is 0 Å². The molecule has 0 saturated heterocycles. The van der Waals surface area contributed by atoms with Gasteiger partial charge in [0, 0.05) is 5.92 Å². The van der Waals surface area contributed by atoms with E-state index in [0.717, 1.165) is 37.7 Å². The average molecular weight is 357 g/mol. The topological polar surface area (TPSA) is 34.1 Å². The smallest absolute Gasteiger partial charge is 0.179 e. The lowest BCUT2D eigenvalue weighted by Gasteiger charge is -2.34. The highest BCUT2D eigenvalue weighted by atomic mass is 32.2. The fourth-order valence-electron chi connectivity index (χ4n) is 4.27. The summed E-state index contributed by atoms with van der Waals surface area (Å²) in [4.78, 5) is 0.538. The van der Waals surface area contributed by atoms with E-state index in [4.69, 9.17) is 0 Å². The van der Waals surface area contributed by atoms with E-state index in [-0.39, 0.29) is 17.1 Å². The Morgan fingerprint density at radius 2 is 1.68 bits per heavy atom. The van der Waals surface area contributed by atoms with Crippen LogP contribution in [0.1, 0.15) is 63.0 Å². The molecular weight excluding hydrogens is 328 g/mol. The minimum atomic E-state index is -3.27. The molecule has 0 spiro atoms. The van der Waals surface area contributed by atoms with Gasteiger partial charge in [0.1, 0.15) is 0 Å². The van der Waals surface area contributed by atoms with Crippen LogP contribution in [-0.4, -0.2) is 14.2 Å². The van der Waals surface area contributed by atoms with E-state index in [9.17, 15) is 8.42 Å². The third kappa shape index (κ3) is 3.67.